The molecule has 1 aromatic heterocycles. The number of aromatic nitrogens is 2. The van der Waals surface area contributed by atoms with Crippen LogP contribution in [-0.2, 0) is 9.53 Å². The van der Waals surface area contributed by atoms with Gasteiger partial charge in [-0.05, 0) is 25.1 Å². The number of benzene rings is 1. The van der Waals surface area contributed by atoms with Gasteiger partial charge in [0.2, 0.25) is 5.91 Å². The Bertz CT molecular complexity index is 719. The quantitative estimate of drug-likeness (QED) is 0.799. The zero-order valence-electron chi connectivity index (χ0n) is 13.1. The molecule has 128 valence electrons. The summed E-state index contributed by atoms with van der Waals surface area (Å²) in [4.78, 5) is 14.5. The molecule has 1 aromatic carbocycles. The van der Waals surface area contributed by atoms with Crippen molar-refractivity contribution in [2.24, 2.45) is 0 Å². The number of amides is 1. The standard InChI is InChI=1S/C15H17ClN4O2S2/c1-10-18-19-15(24-10)23-9-14(21)17-12-8-11(16)2-3-13(12)20-4-6-22-7-5-20/h2-3,8H,4-7,9H2,1H3,(H,17,21). The van der Waals surface area contributed by atoms with Gasteiger partial charge in [0.05, 0.1) is 30.3 Å². The SMILES string of the molecule is Cc1nnc(SCC(=O)Nc2cc(Cl)ccc2N2CCOCC2)s1. The molecule has 6 nitrogen and oxygen atoms in total. The van der Waals surface area contributed by atoms with Crippen molar-refractivity contribution in [3.05, 3.63) is 28.2 Å². The summed E-state index contributed by atoms with van der Waals surface area (Å²) in [6, 6.07) is 5.55. The number of nitrogens with one attached hydrogen (secondary N) is 1. The first-order valence-corrected chi connectivity index (χ1v) is 9.65. The fourth-order valence-corrected chi connectivity index (χ4v) is 4.13. The Labute approximate surface area is 153 Å². The largest absolute Gasteiger partial charge is 0.378 e. The third kappa shape index (κ3) is 4.60. The van der Waals surface area contributed by atoms with Crippen LogP contribution in [0.5, 0.6) is 0 Å². The van der Waals surface area contributed by atoms with Crippen LogP contribution >= 0.6 is 34.7 Å². The summed E-state index contributed by atoms with van der Waals surface area (Å²) in [5.41, 5.74) is 1.69. The van der Waals surface area contributed by atoms with Crippen LogP contribution in [0.15, 0.2) is 22.5 Å². The molecule has 0 atom stereocenters. The van der Waals surface area contributed by atoms with Gasteiger partial charge in [-0.2, -0.15) is 0 Å². The summed E-state index contributed by atoms with van der Waals surface area (Å²) in [5.74, 6) is 0.189. The third-order valence-corrected chi connectivity index (χ3v) is 5.63. The van der Waals surface area contributed by atoms with Gasteiger partial charge in [-0.1, -0.05) is 34.7 Å². The lowest BCUT2D eigenvalue weighted by Crippen LogP contribution is -2.36. The lowest BCUT2D eigenvalue weighted by molar-refractivity contribution is -0.113. The van der Waals surface area contributed by atoms with Crippen molar-refractivity contribution in [3.8, 4) is 0 Å². The summed E-state index contributed by atoms with van der Waals surface area (Å²) < 4.78 is 6.18. The number of halogens is 1. The predicted octanol–water partition coefficient (Wildman–Crippen LogP) is 3.07. The normalized spacial score (nSPS) is 14.7. The van der Waals surface area contributed by atoms with E-state index in [9.17, 15) is 4.79 Å². The van der Waals surface area contributed by atoms with Crippen LogP contribution < -0.4 is 10.2 Å². The molecular formula is C15H17ClN4O2S2. The molecule has 9 heteroatoms. The number of ether oxygens (including phenoxy) is 1. The number of carbonyl (C=O) groups excluding carboxylic acids is 1. The second-order valence-corrected chi connectivity index (χ2v) is 8.03. The molecule has 1 aliphatic rings. The maximum absolute atomic E-state index is 12.3. The Morgan fingerprint density at radius 1 is 1.42 bits per heavy atom. The van der Waals surface area contributed by atoms with Gasteiger partial charge in [0.15, 0.2) is 4.34 Å². The average Bonchev–Trinajstić information content (AvgIpc) is 2.99. The Balaban J connectivity index is 1.66. The number of carbonyl (C=O) groups is 1. The lowest BCUT2D eigenvalue weighted by Gasteiger charge is -2.30. The highest BCUT2D eigenvalue weighted by Gasteiger charge is 2.17. The molecule has 2 aromatic rings. The number of thioether (sulfide) groups is 1. The summed E-state index contributed by atoms with van der Waals surface area (Å²) in [7, 11) is 0. The van der Waals surface area contributed by atoms with Crippen molar-refractivity contribution >= 4 is 52.0 Å². The monoisotopic (exact) mass is 384 g/mol. The van der Waals surface area contributed by atoms with Gasteiger partial charge < -0.3 is 15.0 Å². The molecule has 0 saturated carbocycles. The summed E-state index contributed by atoms with van der Waals surface area (Å²) in [6.07, 6.45) is 0. The van der Waals surface area contributed by atoms with E-state index >= 15 is 0 Å². The molecule has 1 aliphatic heterocycles. The number of hydrogen-bond donors (Lipinski definition) is 1. The van der Waals surface area contributed by atoms with Gasteiger partial charge in [0.25, 0.3) is 0 Å². The van der Waals surface area contributed by atoms with Crippen LogP contribution in [0.3, 0.4) is 0 Å². The van der Waals surface area contributed by atoms with Crippen molar-refractivity contribution in [3.63, 3.8) is 0 Å². The highest BCUT2D eigenvalue weighted by molar-refractivity contribution is 8.01. The molecule has 0 aliphatic carbocycles. The predicted molar refractivity (Wildman–Crippen MR) is 98.5 cm³/mol. The lowest BCUT2D eigenvalue weighted by atomic mass is 10.2. The van der Waals surface area contributed by atoms with Crippen LogP contribution in [0.2, 0.25) is 5.02 Å². The van der Waals surface area contributed by atoms with Crippen LogP contribution in [0.4, 0.5) is 11.4 Å². The number of rotatable bonds is 5. The first kappa shape index (κ1) is 17.5. The molecule has 0 radical (unpaired) electrons. The maximum Gasteiger partial charge on any atom is 0.234 e. The van der Waals surface area contributed by atoms with E-state index in [4.69, 9.17) is 16.3 Å². The van der Waals surface area contributed by atoms with Crippen molar-refractivity contribution in [2.45, 2.75) is 11.3 Å². The molecule has 0 unspecified atom stereocenters. The molecule has 0 spiro atoms. The Morgan fingerprint density at radius 3 is 2.92 bits per heavy atom. The Hall–Kier alpha value is -1.35. The van der Waals surface area contributed by atoms with E-state index in [0.29, 0.717) is 18.2 Å². The second-order valence-electron chi connectivity index (χ2n) is 5.18. The summed E-state index contributed by atoms with van der Waals surface area (Å²) in [5, 5.41) is 12.4. The van der Waals surface area contributed by atoms with Crippen molar-refractivity contribution in [1.82, 2.24) is 10.2 Å². The number of hydrogen-bond acceptors (Lipinski definition) is 7. The molecule has 1 fully saturated rings. The first-order chi connectivity index (χ1) is 11.6. The molecule has 0 bridgehead atoms. The molecule has 24 heavy (non-hydrogen) atoms. The van der Waals surface area contributed by atoms with E-state index in [1.807, 2.05) is 19.1 Å². The van der Waals surface area contributed by atoms with E-state index in [0.717, 1.165) is 33.8 Å². The van der Waals surface area contributed by atoms with Gasteiger partial charge in [-0.25, -0.2) is 0 Å². The molecule has 2 heterocycles. The molecule has 3 rings (SSSR count). The molecule has 1 saturated heterocycles. The number of morpholine rings is 1. The second kappa shape index (κ2) is 8.15. The van der Waals surface area contributed by atoms with E-state index < -0.39 is 0 Å². The van der Waals surface area contributed by atoms with E-state index in [-0.39, 0.29) is 11.7 Å². The molecular weight excluding hydrogens is 368 g/mol. The average molecular weight is 385 g/mol. The van der Waals surface area contributed by atoms with Crippen LogP contribution in [0, 0.1) is 6.92 Å². The smallest absolute Gasteiger partial charge is 0.234 e. The zero-order chi connectivity index (χ0) is 16.9. The van der Waals surface area contributed by atoms with Gasteiger partial charge >= 0.3 is 0 Å². The minimum Gasteiger partial charge on any atom is -0.378 e. The highest BCUT2D eigenvalue weighted by Crippen LogP contribution is 2.30. The van der Waals surface area contributed by atoms with Gasteiger partial charge in [0, 0.05) is 18.1 Å². The van der Waals surface area contributed by atoms with Gasteiger partial charge in [-0.3, -0.25) is 4.79 Å². The fourth-order valence-electron chi connectivity index (χ4n) is 2.34. The molecule has 1 amide bonds. The first-order valence-electron chi connectivity index (χ1n) is 7.47. The van der Waals surface area contributed by atoms with Crippen molar-refractivity contribution in [2.75, 3.05) is 42.3 Å². The van der Waals surface area contributed by atoms with Crippen molar-refractivity contribution in [1.29, 1.82) is 0 Å². The highest BCUT2D eigenvalue weighted by atomic mass is 35.5. The van der Waals surface area contributed by atoms with Crippen LogP contribution in [-0.4, -0.2) is 48.2 Å². The van der Waals surface area contributed by atoms with Crippen molar-refractivity contribution < 1.29 is 9.53 Å². The third-order valence-electron chi connectivity index (χ3n) is 3.42. The minimum absolute atomic E-state index is 0.0929. The van der Waals surface area contributed by atoms with Gasteiger partial charge in [-0.15, -0.1) is 10.2 Å². The van der Waals surface area contributed by atoms with E-state index in [1.54, 1.807) is 6.07 Å². The van der Waals surface area contributed by atoms with Crippen LogP contribution in [0.1, 0.15) is 5.01 Å². The molecule has 1 N–H and O–H groups in total. The Morgan fingerprint density at radius 2 is 2.21 bits per heavy atom. The maximum atomic E-state index is 12.3. The van der Waals surface area contributed by atoms with E-state index in [1.165, 1.54) is 23.1 Å². The number of aryl methyl sites for hydroxylation is 1. The minimum atomic E-state index is -0.0929. The fraction of sp³-hybridized carbons (Fsp3) is 0.400. The summed E-state index contributed by atoms with van der Waals surface area (Å²) >= 11 is 8.96. The Kier molecular flexibility index (Phi) is 5.94. The van der Waals surface area contributed by atoms with Gasteiger partial charge in [0.1, 0.15) is 5.01 Å². The zero-order valence-corrected chi connectivity index (χ0v) is 15.5. The van der Waals surface area contributed by atoms with E-state index in [2.05, 4.69) is 20.4 Å². The number of nitrogens with zero attached hydrogens (tertiary/aromatic N) is 3. The van der Waals surface area contributed by atoms with Crippen LogP contribution in [0.25, 0.3) is 0 Å². The topological polar surface area (TPSA) is 67.4 Å². The summed E-state index contributed by atoms with van der Waals surface area (Å²) in [6.45, 7) is 4.85. The number of anilines is 2.